The van der Waals surface area contributed by atoms with E-state index in [0.29, 0.717) is 27.1 Å². The monoisotopic (exact) mass is 651 g/mol. The Bertz CT molecular complexity index is 1060. The minimum atomic E-state index is 0.407. The van der Waals surface area contributed by atoms with E-state index in [1.807, 2.05) is 0 Å². The van der Waals surface area contributed by atoms with Crippen molar-refractivity contribution in [3.05, 3.63) is 0 Å². The van der Waals surface area contributed by atoms with Crippen LogP contribution in [0.25, 0.3) is 0 Å². The Labute approximate surface area is 296 Å². The SMILES string of the molecule is CC(C)C1C(C)CC2(C)C(C)C3(C)C(C)C4CCC(CCC5CC(C(C)(C)C)CC(C(C)(C)C)C5)C(C)C4C(C)C3C(C)C2(C)C1C. The maximum Gasteiger partial charge on any atom is -0.0212 e. The van der Waals surface area contributed by atoms with Gasteiger partial charge >= 0.3 is 0 Å². The quantitative estimate of drug-likeness (QED) is 0.284. The van der Waals surface area contributed by atoms with E-state index in [1.165, 1.54) is 51.4 Å². The summed E-state index contributed by atoms with van der Waals surface area (Å²) in [6.45, 7) is 47.9. The van der Waals surface area contributed by atoms with Gasteiger partial charge in [-0.2, -0.15) is 0 Å². The van der Waals surface area contributed by atoms with Gasteiger partial charge in [-0.05, 0) is 167 Å². The van der Waals surface area contributed by atoms with Crippen molar-refractivity contribution in [2.24, 2.45) is 122 Å². The third-order valence-corrected chi connectivity index (χ3v) is 19.7. The Morgan fingerprint density at radius 2 is 1.21 bits per heavy atom. The maximum atomic E-state index is 2.84. The van der Waals surface area contributed by atoms with Gasteiger partial charge < -0.3 is 0 Å². The highest BCUT2D eigenvalue weighted by atomic mass is 14.8. The zero-order valence-electron chi connectivity index (χ0n) is 35.4. The molecule has 47 heavy (non-hydrogen) atoms. The van der Waals surface area contributed by atoms with Crippen LogP contribution in [0.3, 0.4) is 0 Å². The molecule has 5 saturated carbocycles. The molecule has 0 aromatic rings. The molecule has 0 bridgehead atoms. The predicted molar refractivity (Wildman–Crippen MR) is 207 cm³/mol. The minimum absolute atomic E-state index is 0.407. The zero-order valence-corrected chi connectivity index (χ0v) is 35.4. The second-order valence-electron chi connectivity index (χ2n) is 23.3. The Balaban J connectivity index is 1.40. The molecule has 0 nitrogen and oxygen atoms in total. The highest BCUT2D eigenvalue weighted by Crippen LogP contribution is 2.78. The van der Waals surface area contributed by atoms with Gasteiger partial charge in [-0.25, -0.2) is 0 Å². The zero-order chi connectivity index (χ0) is 35.4. The van der Waals surface area contributed by atoms with E-state index in [9.17, 15) is 0 Å². The molecule has 0 saturated heterocycles. The van der Waals surface area contributed by atoms with Crippen molar-refractivity contribution in [3.63, 3.8) is 0 Å². The molecule has 0 spiro atoms. The molecular weight excluding hydrogens is 565 g/mol. The van der Waals surface area contributed by atoms with Crippen LogP contribution < -0.4 is 0 Å². The molecule has 274 valence electrons. The summed E-state index contributed by atoms with van der Waals surface area (Å²) < 4.78 is 0. The van der Waals surface area contributed by atoms with E-state index in [4.69, 9.17) is 0 Å². The molecule has 0 aromatic carbocycles. The average molecular weight is 651 g/mol. The van der Waals surface area contributed by atoms with Gasteiger partial charge in [0.1, 0.15) is 0 Å². The Hall–Kier alpha value is 0. The van der Waals surface area contributed by atoms with Gasteiger partial charge in [0.25, 0.3) is 0 Å². The predicted octanol–water partition coefficient (Wildman–Crippen LogP) is 14.3. The van der Waals surface area contributed by atoms with Crippen LogP contribution in [0.4, 0.5) is 0 Å². The van der Waals surface area contributed by atoms with Crippen LogP contribution >= 0.6 is 0 Å². The molecule has 0 radical (unpaired) electrons. The van der Waals surface area contributed by atoms with Crippen LogP contribution in [-0.2, 0) is 0 Å². The third kappa shape index (κ3) is 5.79. The van der Waals surface area contributed by atoms with Gasteiger partial charge in [0.2, 0.25) is 0 Å². The summed E-state index contributed by atoms with van der Waals surface area (Å²) in [5.41, 5.74) is 2.15. The molecule has 0 heteroatoms. The van der Waals surface area contributed by atoms with Gasteiger partial charge in [-0.1, -0.05) is 131 Å². The maximum absolute atomic E-state index is 2.84. The summed E-state index contributed by atoms with van der Waals surface area (Å²) in [6.07, 6.45) is 11.9. The Kier molecular flexibility index (Phi) is 10.2. The molecule has 0 heterocycles. The second kappa shape index (κ2) is 12.6. The molecule has 17 atom stereocenters. The smallest absolute Gasteiger partial charge is 0.0212 e. The van der Waals surface area contributed by atoms with Crippen LogP contribution in [0.15, 0.2) is 0 Å². The topological polar surface area (TPSA) is 0 Å². The van der Waals surface area contributed by atoms with Crippen molar-refractivity contribution in [1.29, 1.82) is 0 Å². The van der Waals surface area contributed by atoms with Crippen molar-refractivity contribution < 1.29 is 0 Å². The van der Waals surface area contributed by atoms with Gasteiger partial charge in [0.15, 0.2) is 0 Å². The summed E-state index contributed by atoms with van der Waals surface area (Å²) in [6, 6.07) is 0. The number of hydrogen-bond donors (Lipinski definition) is 0. The van der Waals surface area contributed by atoms with E-state index in [-0.39, 0.29) is 0 Å². The first-order valence-corrected chi connectivity index (χ1v) is 21.4. The van der Waals surface area contributed by atoms with Crippen molar-refractivity contribution in [1.82, 2.24) is 0 Å². The molecule has 0 N–H and O–H groups in total. The largest absolute Gasteiger partial charge is 0.0625 e. The Morgan fingerprint density at radius 3 is 1.72 bits per heavy atom. The van der Waals surface area contributed by atoms with Crippen molar-refractivity contribution in [2.75, 3.05) is 0 Å². The highest BCUT2D eigenvalue weighted by Gasteiger charge is 2.72. The first kappa shape index (κ1) is 38.2. The third-order valence-electron chi connectivity index (χ3n) is 19.7. The first-order chi connectivity index (χ1) is 21.4. The van der Waals surface area contributed by atoms with E-state index in [0.717, 1.165) is 94.7 Å². The lowest BCUT2D eigenvalue weighted by molar-refractivity contribution is -0.291. The molecule has 5 aliphatic rings. The lowest BCUT2D eigenvalue weighted by atomic mass is 9.28. The fourth-order valence-electron chi connectivity index (χ4n) is 16.5. The summed E-state index contributed by atoms with van der Waals surface area (Å²) >= 11 is 0. The average Bonchev–Trinajstić information content (AvgIpc) is 2.95. The molecule has 0 aliphatic heterocycles. The van der Waals surface area contributed by atoms with E-state index in [2.05, 4.69) is 125 Å². The standard InChI is InChI=1S/C47H86/c1-27(2)40-28(3)26-45(16)34(9)46(17)31(6)39-22-21-36(29(4)41(39)30(5)42(46)33(8)47(45,18)32(40)7)20-19-35-23-37(43(10,11)12)25-38(24-35)44(13,14)15/h27-42H,19-26H2,1-18H3. The van der Waals surface area contributed by atoms with Gasteiger partial charge in [0.05, 0.1) is 0 Å². The van der Waals surface area contributed by atoms with Gasteiger partial charge in [-0.3, -0.25) is 0 Å². The lowest BCUT2D eigenvalue weighted by Gasteiger charge is -2.77. The van der Waals surface area contributed by atoms with Crippen molar-refractivity contribution in [2.45, 2.75) is 176 Å². The van der Waals surface area contributed by atoms with E-state index in [1.54, 1.807) is 0 Å². The van der Waals surface area contributed by atoms with Gasteiger partial charge in [-0.15, -0.1) is 0 Å². The summed E-state index contributed by atoms with van der Waals surface area (Å²) in [4.78, 5) is 0. The van der Waals surface area contributed by atoms with E-state index < -0.39 is 0 Å². The van der Waals surface area contributed by atoms with Crippen LogP contribution in [0.5, 0.6) is 0 Å². The number of hydrogen-bond acceptors (Lipinski definition) is 0. The van der Waals surface area contributed by atoms with Crippen molar-refractivity contribution >= 4 is 0 Å². The molecule has 5 rings (SSSR count). The van der Waals surface area contributed by atoms with Crippen LogP contribution in [0.1, 0.15) is 176 Å². The fraction of sp³-hybridized carbons (Fsp3) is 1.00. The molecule has 5 aliphatic carbocycles. The molecule has 0 aromatic heterocycles. The summed E-state index contributed by atoms with van der Waals surface area (Å²) in [5, 5.41) is 0. The summed E-state index contributed by atoms with van der Waals surface area (Å²) in [7, 11) is 0. The lowest BCUT2D eigenvalue weighted by Crippen LogP contribution is -2.71. The molecule has 5 fully saturated rings. The van der Waals surface area contributed by atoms with Crippen LogP contribution in [-0.4, -0.2) is 0 Å². The molecular formula is C47H86. The van der Waals surface area contributed by atoms with Crippen LogP contribution in [0, 0.1) is 122 Å². The molecule has 17 unspecified atom stereocenters. The highest BCUT2D eigenvalue weighted by molar-refractivity contribution is 5.20. The normalized spacial score (nSPS) is 54.1. The fourth-order valence-corrected chi connectivity index (χ4v) is 16.5. The summed E-state index contributed by atoms with van der Waals surface area (Å²) in [5.74, 6) is 13.7. The number of rotatable bonds is 4. The van der Waals surface area contributed by atoms with Crippen LogP contribution in [0.2, 0.25) is 0 Å². The van der Waals surface area contributed by atoms with Gasteiger partial charge in [0, 0.05) is 0 Å². The minimum Gasteiger partial charge on any atom is -0.0625 e. The van der Waals surface area contributed by atoms with E-state index >= 15 is 0 Å². The molecule has 0 amide bonds. The Morgan fingerprint density at radius 1 is 0.660 bits per heavy atom. The number of fused-ring (bicyclic) bond motifs is 3. The first-order valence-electron chi connectivity index (χ1n) is 21.4. The van der Waals surface area contributed by atoms with Crippen molar-refractivity contribution in [3.8, 4) is 0 Å². The second-order valence-corrected chi connectivity index (χ2v) is 23.3.